The van der Waals surface area contributed by atoms with Crippen molar-refractivity contribution in [3.8, 4) is 0 Å². The zero-order chi connectivity index (χ0) is 23.0. The Kier molecular flexibility index (Phi) is 5.85. The van der Waals surface area contributed by atoms with Crippen molar-refractivity contribution in [1.29, 1.82) is 0 Å². The van der Waals surface area contributed by atoms with Gasteiger partial charge in [0.05, 0.1) is 17.7 Å². The van der Waals surface area contributed by atoms with Gasteiger partial charge >= 0.3 is 0 Å². The Hall–Kier alpha value is -3.44. The molecule has 4 rings (SSSR count). The van der Waals surface area contributed by atoms with E-state index in [1.165, 1.54) is 0 Å². The van der Waals surface area contributed by atoms with E-state index in [9.17, 15) is 9.18 Å². The summed E-state index contributed by atoms with van der Waals surface area (Å²) in [5.74, 6) is -0.525. The summed E-state index contributed by atoms with van der Waals surface area (Å²) in [5, 5.41) is 11.6. The molecule has 170 valence electrons. The fraction of sp³-hybridized carbons (Fsp3) is 0.381. The number of nitrogens with one attached hydrogen (secondary N) is 2. The number of halogens is 1. The number of primary amides is 1. The van der Waals surface area contributed by atoms with E-state index in [0.29, 0.717) is 25.3 Å². The predicted molar refractivity (Wildman–Crippen MR) is 122 cm³/mol. The molecule has 3 heterocycles. The topological polar surface area (TPSA) is 136 Å². The summed E-state index contributed by atoms with van der Waals surface area (Å²) in [6.45, 7) is 0.903. The van der Waals surface area contributed by atoms with Gasteiger partial charge in [0.1, 0.15) is 5.82 Å². The predicted octanol–water partition coefficient (Wildman–Crippen LogP) is 1.54. The van der Waals surface area contributed by atoms with Gasteiger partial charge in [-0.2, -0.15) is 5.10 Å². The van der Waals surface area contributed by atoms with E-state index >= 15 is 0 Å². The number of nitrogens with two attached hydrogens (primary N) is 2. The van der Waals surface area contributed by atoms with Gasteiger partial charge in [-0.15, -0.1) is 0 Å². The first-order chi connectivity index (χ1) is 15.2. The highest BCUT2D eigenvalue weighted by Gasteiger charge is 2.25. The number of hydrogen-bond acceptors (Lipinski definition) is 8. The molecule has 0 radical (unpaired) electrons. The zero-order valence-electron chi connectivity index (χ0n) is 18.2. The summed E-state index contributed by atoms with van der Waals surface area (Å²) in [6.07, 6.45) is 0.619. The number of rotatable bonds is 6. The molecule has 2 aromatic heterocycles. The Labute approximate surface area is 184 Å². The molecule has 0 spiro atoms. The van der Waals surface area contributed by atoms with Crippen LogP contribution in [0.5, 0.6) is 0 Å². The monoisotopic (exact) mass is 442 g/mol. The summed E-state index contributed by atoms with van der Waals surface area (Å²) < 4.78 is 21.8. The van der Waals surface area contributed by atoms with Crippen LogP contribution in [0.15, 0.2) is 24.3 Å². The molecule has 0 bridgehead atoms. The smallest absolute Gasteiger partial charge is 0.252 e. The van der Waals surface area contributed by atoms with Crippen molar-refractivity contribution < 1.29 is 13.9 Å². The Bertz CT molecular complexity index is 1160. The summed E-state index contributed by atoms with van der Waals surface area (Å²) >= 11 is 0. The van der Waals surface area contributed by atoms with Crippen LogP contribution < -0.4 is 27.0 Å². The summed E-state index contributed by atoms with van der Waals surface area (Å²) in [6, 6.07) is 6.22. The van der Waals surface area contributed by atoms with Gasteiger partial charge in [-0.25, -0.2) is 9.37 Å². The van der Waals surface area contributed by atoms with Gasteiger partial charge in [-0.3, -0.25) is 9.48 Å². The largest absolute Gasteiger partial charge is 0.380 e. The SMILES string of the molecule is CN(C)c1nn(C)c2ccc(Nc3nc(N[C@@H]4CCOC[C@@H]4N)c(F)cc3C(N)=O)cc12. The van der Waals surface area contributed by atoms with Gasteiger partial charge in [0, 0.05) is 50.9 Å². The number of aromatic nitrogens is 3. The van der Waals surface area contributed by atoms with E-state index in [1.54, 1.807) is 4.68 Å². The molecule has 0 unspecified atom stereocenters. The fourth-order valence-corrected chi connectivity index (χ4v) is 3.78. The standard InChI is InChI=1S/C21H27FN8O2/c1-29(2)21-12-8-11(4-5-17(12)30(3)28-21)25-19-13(18(24)31)9-14(22)20(27-19)26-16-6-7-32-10-15(16)23/h4-5,8-9,15-16H,6-7,10,23H2,1-3H3,(H2,24,31)(H2,25,26,27)/t15-,16+/m0/s1. The van der Waals surface area contributed by atoms with Crippen molar-refractivity contribution in [3.05, 3.63) is 35.6 Å². The van der Waals surface area contributed by atoms with Gasteiger partial charge in [0.15, 0.2) is 17.5 Å². The molecule has 10 nitrogen and oxygen atoms in total. The molecule has 3 aromatic rings. The second-order valence-electron chi connectivity index (χ2n) is 8.06. The van der Waals surface area contributed by atoms with Gasteiger partial charge in [0.2, 0.25) is 0 Å². The second-order valence-corrected chi connectivity index (χ2v) is 8.06. The molecule has 0 aliphatic carbocycles. The third-order valence-electron chi connectivity index (χ3n) is 5.48. The molecule has 32 heavy (non-hydrogen) atoms. The number of benzene rings is 1. The number of fused-ring (bicyclic) bond motifs is 1. The van der Waals surface area contributed by atoms with E-state index in [4.69, 9.17) is 16.2 Å². The molecule has 6 N–H and O–H groups in total. The lowest BCUT2D eigenvalue weighted by atomic mass is 10.0. The first kappa shape index (κ1) is 21.8. The van der Waals surface area contributed by atoms with E-state index in [2.05, 4.69) is 20.7 Å². The van der Waals surface area contributed by atoms with E-state index in [1.807, 2.05) is 44.2 Å². The molecular formula is C21H27FN8O2. The lowest BCUT2D eigenvalue weighted by Crippen LogP contribution is -2.47. The lowest BCUT2D eigenvalue weighted by Gasteiger charge is -2.30. The van der Waals surface area contributed by atoms with Crippen molar-refractivity contribution in [2.45, 2.75) is 18.5 Å². The fourth-order valence-electron chi connectivity index (χ4n) is 3.78. The van der Waals surface area contributed by atoms with Crippen LogP contribution in [0.3, 0.4) is 0 Å². The first-order valence-corrected chi connectivity index (χ1v) is 10.3. The summed E-state index contributed by atoms with van der Waals surface area (Å²) in [7, 11) is 5.69. The van der Waals surface area contributed by atoms with E-state index in [-0.39, 0.29) is 29.3 Å². The maximum Gasteiger partial charge on any atom is 0.252 e. The Balaban J connectivity index is 1.70. The highest BCUT2D eigenvalue weighted by molar-refractivity contribution is 5.99. The second kappa shape index (κ2) is 8.60. The molecule has 0 saturated carbocycles. The molecule has 1 fully saturated rings. The van der Waals surface area contributed by atoms with Crippen LogP contribution in [0.2, 0.25) is 0 Å². The highest BCUT2D eigenvalue weighted by Crippen LogP contribution is 2.30. The average molecular weight is 442 g/mol. The average Bonchev–Trinajstić information content (AvgIpc) is 3.08. The maximum atomic E-state index is 14.7. The number of hydrogen-bond donors (Lipinski definition) is 4. The van der Waals surface area contributed by atoms with Crippen molar-refractivity contribution in [1.82, 2.24) is 14.8 Å². The molecule has 2 atom stereocenters. The first-order valence-electron chi connectivity index (χ1n) is 10.3. The zero-order valence-corrected chi connectivity index (χ0v) is 18.2. The van der Waals surface area contributed by atoms with Crippen LogP contribution in [0.1, 0.15) is 16.8 Å². The Morgan fingerprint density at radius 1 is 1.31 bits per heavy atom. The van der Waals surface area contributed by atoms with Gasteiger partial charge in [0.25, 0.3) is 5.91 Å². The minimum atomic E-state index is -0.787. The minimum absolute atomic E-state index is 0.00344. The van der Waals surface area contributed by atoms with Crippen LogP contribution in [0.4, 0.5) is 27.5 Å². The number of pyridine rings is 1. The van der Waals surface area contributed by atoms with Gasteiger partial charge in [-0.1, -0.05) is 0 Å². The number of nitrogens with zero attached hydrogens (tertiary/aromatic N) is 4. The normalized spacial score (nSPS) is 18.5. The third kappa shape index (κ3) is 4.16. The van der Waals surface area contributed by atoms with Crippen LogP contribution in [0, 0.1) is 5.82 Å². The van der Waals surface area contributed by atoms with Crippen LogP contribution in [-0.4, -0.2) is 60.1 Å². The Morgan fingerprint density at radius 3 is 2.78 bits per heavy atom. The summed E-state index contributed by atoms with van der Waals surface area (Å²) in [5.41, 5.74) is 13.1. The van der Waals surface area contributed by atoms with Crippen LogP contribution in [-0.2, 0) is 11.8 Å². The lowest BCUT2D eigenvalue weighted by molar-refractivity contribution is 0.0751. The number of amides is 1. The van der Waals surface area contributed by atoms with Crippen LogP contribution >= 0.6 is 0 Å². The third-order valence-corrected chi connectivity index (χ3v) is 5.48. The van der Waals surface area contributed by atoms with Crippen molar-refractivity contribution in [2.75, 3.05) is 42.8 Å². The maximum absolute atomic E-state index is 14.7. The quantitative estimate of drug-likeness (QED) is 0.451. The number of aryl methyl sites for hydroxylation is 1. The molecular weight excluding hydrogens is 415 g/mol. The van der Waals surface area contributed by atoms with Crippen LogP contribution in [0.25, 0.3) is 10.9 Å². The van der Waals surface area contributed by atoms with Crippen molar-refractivity contribution >= 4 is 40.0 Å². The molecule has 1 aromatic carbocycles. The van der Waals surface area contributed by atoms with E-state index < -0.39 is 11.7 Å². The summed E-state index contributed by atoms with van der Waals surface area (Å²) in [4.78, 5) is 18.2. The Morgan fingerprint density at radius 2 is 2.09 bits per heavy atom. The van der Waals surface area contributed by atoms with Crippen molar-refractivity contribution in [3.63, 3.8) is 0 Å². The highest BCUT2D eigenvalue weighted by atomic mass is 19.1. The van der Waals surface area contributed by atoms with Crippen molar-refractivity contribution in [2.24, 2.45) is 18.5 Å². The minimum Gasteiger partial charge on any atom is -0.380 e. The number of carbonyl (C=O) groups excluding carboxylic acids is 1. The molecule has 1 amide bonds. The number of anilines is 4. The molecule has 1 aliphatic rings. The molecule has 11 heteroatoms. The molecule has 1 saturated heterocycles. The molecule has 1 aliphatic heterocycles. The number of ether oxygens (including phenoxy) is 1. The van der Waals surface area contributed by atoms with E-state index in [0.717, 1.165) is 22.8 Å². The van der Waals surface area contributed by atoms with Gasteiger partial charge < -0.3 is 31.7 Å². The van der Waals surface area contributed by atoms with Gasteiger partial charge in [-0.05, 0) is 30.7 Å². The number of carbonyl (C=O) groups is 1.